The fourth-order valence-electron chi connectivity index (χ4n) is 3.03. The third kappa shape index (κ3) is 4.01. The van der Waals surface area contributed by atoms with Crippen LogP contribution in [0.5, 0.6) is 0 Å². The van der Waals surface area contributed by atoms with E-state index >= 15 is 0 Å². The van der Waals surface area contributed by atoms with Crippen molar-refractivity contribution in [3.8, 4) is 0 Å². The van der Waals surface area contributed by atoms with Crippen LogP contribution >= 0.6 is 11.8 Å². The van der Waals surface area contributed by atoms with Gasteiger partial charge in [-0.25, -0.2) is 13.2 Å². The number of furan rings is 1. The van der Waals surface area contributed by atoms with Gasteiger partial charge < -0.3 is 14.8 Å². The molecule has 0 saturated carbocycles. The van der Waals surface area contributed by atoms with Crippen molar-refractivity contribution in [2.45, 2.75) is 30.4 Å². The molecule has 1 aromatic heterocycles. The van der Waals surface area contributed by atoms with Crippen molar-refractivity contribution in [2.24, 2.45) is 5.92 Å². The average molecular weight is 388 g/mol. The van der Waals surface area contributed by atoms with E-state index < -0.39 is 21.8 Å². The number of hydrogen-bond donors (Lipinski definition) is 2. The zero-order valence-electron chi connectivity index (χ0n) is 13.5. The van der Waals surface area contributed by atoms with Gasteiger partial charge in [0.25, 0.3) is 10.0 Å². The lowest BCUT2D eigenvalue weighted by Crippen LogP contribution is -2.45. The highest BCUT2D eigenvalue weighted by molar-refractivity contribution is 7.99. The van der Waals surface area contributed by atoms with Crippen LogP contribution in [0.15, 0.2) is 21.6 Å². The van der Waals surface area contributed by atoms with Crippen molar-refractivity contribution < 1.29 is 27.5 Å². The predicted octanol–water partition coefficient (Wildman–Crippen LogP) is 1.00. The summed E-state index contributed by atoms with van der Waals surface area (Å²) in [5, 5.41) is 11.5. The number of piperidine rings is 1. The zero-order chi connectivity index (χ0) is 18.0. The first-order valence-corrected chi connectivity index (χ1v) is 10.7. The van der Waals surface area contributed by atoms with Crippen LogP contribution in [0.4, 0.5) is 0 Å². The van der Waals surface area contributed by atoms with E-state index in [0.29, 0.717) is 12.8 Å². The summed E-state index contributed by atoms with van der Waals surface area (Å²) in [4.78, 5) is 23.1. The highest BCUT2D eigenvalue weighted by Gasteiger charge is 2.34. The summed E-state index contributed by atoms with van der Waals surface area (Å²) in [6, 6.07) is 2.49. The van der Waals surface area contributed by atoms with Gasteiger partial charge in [0.2, 0.25) is 16.8 Å². The largest absolute Gasteiger partial charge is 0.475 e. The first-order valence-electron chi connectivity index (χ1n) is 8.09. The Hall–Kier alpha value is -1.52. The number of nitrogens with zero attached hydrogens (tertiary/aromatic N) is 1. The number of amides is 1. The van der Waals surface area contributed by atoms with E-state index in [9.17, 15) is 18.0 Å². The molecule has 1 amide bonds. The number of rotatable bonds is 5. The number of hydrogen-bond acceptors (Lipinski definition) is 6. The Bertz CT molecular complexity index is 746. The molecule has 8 nitrogen and oxygen atoms in total. The number of carbonyl (C=O) groups excluding carboxylic acids is 1. The molecule has 3 heterocycles. The van der Waals surface area contributed by atoms with E-state index in [4.69, 9.17) is 9.52 Å². The van der Waals surface area contributed by atoms with Crippen molar-refractivity contribution in [1.82, 2.24) is 9.62 Å². The molecule has 0 bridgehead atoms. The number of nitrogens with one attached hydrogen (secondary N) is 1. The molecule has 2 aliphatic heterocycles. The summed E-state index contributed by atoms with van der Waals surface area (Å²) in [7, 11) is -3.88. The molecule has 1 unspecified atom stereocenters. The molecule has 2 saturated heterocycles. The third-order valence-corrected chi connectivity index (χ3v) is 7.42. The lowest BCUT2D eigenvalue weighted by molar-refractivity contribution is -0.126. The summed E-state index contributed by atoms with van der Waals surface area (Å²) in [5.41, 5.74) is 0. The van der Waals surface area contributed by atoms with Crippen LogP contribution in [-0.4, -0.2) is 60.3 Å². The van der Waals surface area contributed by atoms with Gasteiger partial charge in [-0.15, -0.1) is 0 Å². The van der Waals surface area contributed by atoms with E-state index in [2.05, 4.69) is 5.32 Å². The average Bonchev–Trinajstić information content (AvgIpc) is 3.26. The van der Waals surface area contributed by atoms with Crippen LogP contribution in [0.2, 0.25) is 0 Å². The molecule has 2 N–H and O–H groups in total. The van der Waals surface area contributed by atoms with Crippen molar-refractivity contribution in [1.29, 1.82) is 0 Å². The molecule has 0 spiro atoms. The smallest absolute Gasteiger partial charge is 0.371 e. The lowest BCUT2D eigenvalue weighted by atomic mass is 9.97. The Morgan fingerprint density at radius 2 is 1.96 bits per heavy atom. The molecule has 138 valence electrons. The lowest BCUT2D eigenvalue weighted by Gasteiger charge is -2.30. The molecule has 3 rings (SSSR count). The van der Waals surface area contributed by atoms with Gasteiger partial charge >= 0.3 is 5.97 Å². The Morgan fingerprint density at radius 3 is 2.52 bits per heavy atom. The molecule has 0 aromatic carbocycles. The van der Waals surface area contributed by atoms with Crippen molar-refractivity contribution in [2.75, 3.05) is 24.6 Å². The molecule has 0 radical (unpaired) electrons. The van der Waals surface area contributed by atoms with Gasteiger partial charge in [-0.1, -0.05) is 0 Å². The molecular weight excluding hydrogens is 368 g/mol. The van der Waals surface area contributed by atoms with Crippen molar-refractivity contribution in [3.63, 3.8) is 0 Å². The third-order valence-electron chi connectivity index (χ3n) is 4.49. The zero-order valence-corrected chi connectivity index (χ0v) is 15.1. The number of carboxylic acid groups (broad SMARTS) is 1. The summed E-state index contributed by atoms with van der Waals surface area (Å²) >= 11 is 1.82. The topological polar surface area (TPSA) is 117 Å². The standard InChI is InChI=1S/C15H20N2O6S2/c18-14(16-11-5-8-24-9-11)10-3-6-17(7-4-10)25(21,22)13-2-1-12(23-13)15(19)20/h1-2,10-11H,3-9H2,(H,16,18)(H,19,20). The summed E-state index contributed by atoms with van der Waals surface area (Å²) in [5.74, 6) is 0.0649. The maximum atomic E-state index is 12.5. The van der Waals surface area contributed by atoms with Crippen LogP contribution in [-0.2, 0) is 14.8 Å². The van der Waals surface area contributed by atoms with Gasteiger partial charge in [0, 0.05) is 30.8 Å². The van der Waals surface area contributed by atoms with Gasteiger partial charge in [-0.2, -0.15) is 16.1 Å². The predicted molar refractivity (Wildman–Crippen MR) is 91.0 cm³/mol. The minimum atomic E-state index is -3.88. The van der Waals surface area contributed by atoms with Gasteiger partial charge in [0.15, 0.2) is 0 Å². The first-order chi connectivity index (χ1) is 11.9. The quantitative estimate of drug-likeness (QED) is 0.773. The normalized spacial score (nSPS) is 22.8. The van der Waals surface area contributed by atoms with Gasteiger partial charge in [-0.3, -0.25) is 4.79 Å². The van der Waals surface area contributed by atoms with Crippen molar-refractivity contribution >= 4 is 33.7 Å². The maximum absolute atomic E-state index is 12.5. The SMILES string of the molecule is O=C(O)c1ccc(S(=O)(=O)N2CCC(C(=O)NC3CCSC3)CC2)o1. The number of carboxylic acids is 1. The van der Waals surface area contributed by atoms with E-state index in [-0.39, 0.29) is 36.0 Å². The Balaban J connectivity index is 1.58. The maximum Gasteiger partial charge on any atom is 0.371 e. The molecular formula is C15H20N2O6S2. The van der Waals surface area contributed by atoms with Crippen molar-refractivity contribution in [3.05, 3.63) is 17.9 Å². The summed E-state index contributed by atoms with van der Waals surface area (Å²) in [6.07, 6.45) is 1.86. The highest BCUT2D eigenvalue weighted by Crippen LogP contribution is 2.26. The van der Waals surface area contributed by atoms with E-state index in [0.717, 1.165) is 30.1 Å². The van der Waals surface area contributed by atoms with Crippen LogP contribution in [0.3, 0.4) is 0 Å². The van der Waals surface area contributed by atoms with Crippen LogP contribution < -0.4 is 5.32 Å². The Morgan fingerprint density at radius 1 is 1.24 bits per heavy atom. The monoisotopic (exact) mass is 388 g/mol. The first kappa shape index (κ1) is 18.3. The molecule has 1 aromatic rings. The second-order valence-electron chi connectivity index (χ2n) is 6.17. The number of carbonyl (C=O) groups is 2. The van der Waals surface area contributed by atoms with Gasteiger partial charge in [0.05, 0.1) is 0 Å². The van der Waals surface area contributed by atoms with E-state index in [1.54, 1.807) is 0 Å². The van der Waals surface area contributed by atoms with Crippen LogP contribution in [0.1, 0.15) is 29.8 Å². The number of aromatic carboxylic acids is 1. The highest BCUT2D eigenvalue weighted by atomic mass is 32.2. The minimum absolute atomic E-state index is 0.00397. The fourth-order valence-corrected chi connectivity index (χ4v) is 5.56. The second-order valence-corrected chi connectivity index (χ2v) is 9.19. The number of thioether (sulfide) groups is 1. The minimum Gasteiger partial charge on any atom is -0.475 e. The summed E-state index contributed by atoms with van der Waals surface area (Å²) in [6.45, 7) is 0.423. The second kappa shape index (κ2) is 7.38. The summed E-state index contributed by atoms with van der Waals surface area (Å²) < 4.78 is 31.2. The molecule has 1 atom stereocenters. The van der Waals surface area contributed by atoms with E-state index in [1.165, 1.54) is 4.31 Å². The molecule has 25 heavy (non-hydrogen) atoms. The van der Waals surface area contributed by atoms with E-state index in [1.807, 2.05) is 11.8 Å². The molecule has 0 aliphatic carbocycles. The molecule has 2 fully saturated rings. The Kier molecular flexibility index (Phi) is 5.40. The fraction of sp³-hybridized carbons (Fsp3) is 0.600. The molecule has 2 aliphatic rings. The van der Waals surface area contributed by atoms with Crippen LogP contribution in [0.25, 0.3) is 0 Å². The number of sulfonamides is 1. The van der Waals surface area contributed by atoms with Gasteiger partial charge in [-0.05, 0) is 37.1 Å². The Labute approximate surface area is 150 Å². The molecule has 10 heteroatoms. The van der Waals surface area contributed by atoms with Crippen LogP contribution in [0, 0.1) is 5.92 Å². The van der Waals surface area contributed by atoms with Gasteiger partial charge in [0.1, 0.15) is 0 Å².